The van der Waals surface area contributed by atoms with Crippen LogP contribution in [0.15, 0.2) is 0 Å². The summed E-state index contributed by atoms with van der Waals surface area (Å²) < 4.78 is 5.38. The number of carbonyl (C=O) groups is 2. The van der Waals surface area contributed by atoms with Gasteiger partial charge in [0.2, 0.25) is 11.8 Å². The first-order chi connectivity index (χ1) is 11.5. The van der Waals surface area contributed by atoms with Gasteiger partial charge < -0.3 is 20.7 Å². The van der Waals surface area contributed by atoms with E-state index >= 15 is 0 Å². The number of amides is 2. The van der Waals surface area contributed by atoms with Crippen LogP contribution >= 0.6 is 24.8 Å². The lowest BCUT2D eigenvalue weighted by atomic mass is 9.96. The van der Waals surface area contributed by atoms with Crippen LogP contribution in [0.3, 0.4) is 0 Å². The summed E-state index contributed by atoms with van der Waals surface area (Å²) >= 11 is 0. The molecule has 0 aliphatic carbocycles. The summed E-state index contributed by atoms with van der Waals surface area (Å²) in [6, 6.07) is -0.558. The molecule has 0 unspecified atom stereocenters. The van der Waals surface area contributed by atoms with Crippen molar-refractivity contribution in [1.82, 2.24) is 15.1 Å². The van der Waals surface area contributed by atoms with E-state index in [0.717, 1.165) is 58.8 Å². The average Bonchev–Trinajstić information content (AvgIpc) is 2.60. The van der Waals surface area contributed by atoms with Gasteiger partial charge in [-0.05, 0) is 24.7 Å². The molecule has 2 fully saturated rings. The zero-order chi connectivity index (χ0) is 17.5. The quantitative estimate of drug-likeness (QED) is 0.662. The highest BCUT2D eigenvalue weighted by atomic mass is 35.5. The Labute approximate surface area is 169 Å². The fourth-order valence-corrected chi connectivity index (χ4v) is 3.21. The lowest BCUT2D eigenvalue weighted by Crippen LogP contribution is -2.49. The number of likely N-dealkylation sites (tertiary alicyclic amines) is 1. The van der Waals surface area contributed by atoms with Crippen LogP contribution in [0.1, 0.15) is 26.7 Å². The van der Waals surface area contributed by atoms with Gasteiger partial charge in [-0.15, -0.1) is 24.8 Å². The Balaban J connectivity index is 0.00000312. The summed E-state index contributed by atoms with van der Waals surface area (Å²) in [4.78, 5) is 28.4. The van der Waals surface area contributed by atoms with E-state index in [4.69, 9.17) is 10.5 Å². The zero-order valence-electron chi connectivity index (χ0n) is 15.8. The normalized spacial score (nSPS) is 20.1. The minimum absolute atomic E-state index is 0. The second-order valence-corrected chi connectivity index (χ2v) is 7.22. The van der Waals surface area contributed by atoms with Crippen LogP contribution < -0.4 is 11.1 Å². The molecule has 3 N–H and O–H groups in total. The summed E-state index contributed by atoms with van der Waals surface area (Å²) in [7, 11) is 0. The van der Waals surface area contributed by atoms with Gasteiger partial charge in [0, 0.05) is 32.7 Å². The van der Waals surface area contributed by atoms with Crippen molar-refractivity contribution < 1.29 is 14.3 Å². The van der Waals surface area contributed by atoms with Crippen LogP contribution in [-0.2, 0) is 14.3 Å². The number of hydrogen-bond acceptors (Lipinski definition) is 5. The molecule has 2 aliphatic rings. The summed E-state index contributed by atoms with van der Waals surface area (Å²) in [5.41, 5.74) is 5.78. The summed E-state index contributed by atoms with van der Waals surface area (Å²) in [5, 5.41) is 2.66. The van der Waals surface area contributed by atoms with Crippen molar-refractivity contribution in [3.05, 3.63) is 0 Å². The molecular weight excluding hydrogens is 379 g/mol. The van der Waals surface area contributed by atoms with Crippen molar-refractivity contribution in [2.24, 2.45) is 17.6 Å². The molecule has 2 aliphatic heterocycles. The summed E-state index contributed by atoms with van der Waals surface area (Å²) in [6.07, 6.45) is 2.06. The molecule has 0 aromatic rings. The largest absolute Gasteiger partial charge is 0.379 e. The van der Waals surface area contributed by atoms with Crippen molar-refractivity contribution in [3.63, 3.8) is 0 Å². The first kappa shape index (κ1) is 25.4. The van der Waals surface area contributed by atoms with E-state index in [1.165, 1.54) is 0 Å². The van der Waals surface area contributed by atoms with Gasteiger partial charge in [-0.2, -0.15) is 0 Å². The Morgan fingerprint density at radius 2 is 1.69 bits per heavy atom. The van der Waals surface area contributed by atoms with Gasteiger partial charge in [0.05, 0.1) is 25.8 Å². The second-order valence-electron chi connectivity index (χ2n) is 7.22. The highest BCUT2D eigenvalue weighted by Gasteiger charge is 2.25. The number of morpholine rings is 1. The van der Waals surface area contributed by atoms with Gasteiger partial charge in [0.1, 0.15) is 0 Å². The highest BCUT2D eigenvalue weighted by molar-refractivity contribution is 5.87. The molecule has 26 heavy (non-hydrogen) atoms. The van der Waals surface area contributed by atoms with Crippen molar-refractivity contribution in [3.8, 4) is 0 Å². The maximum absolute atomic E-state index is 12.2. The monoisotopic (exact) mass is 412 g/mol. The number of hydrogen-bond donors (Lipinski definition) is 2. The minimum atomic E-state index is -0.558. The van der Waals surface area contributed by atoms with Gasteiger partial charge in [-0.25, -0.2) is 0 Å². The molecule has 2 rings (SSSR count). The third-order valence-corrected chi connectivity index (χ3v) is 5.02. The molecule has 7 nitrogen and oxygen atoms in total. The van der Waals surface area contributed by atoms with Crippen molar-refractivity contribution in [2.75, 3.05) is 52.5 Å². The fraction of sp³-hybridized carbons (Fsp3) is 0.882. The number of nitrogens with zero attached hydrogens (tertiary/aromatic N) is 2. The highest BCUT2D eigenvalue weighted by Crippen LogP contribution is 2.19. The van der Waals surface area contributed by atoms with Crippen LogP contribution in [0.5, 0.6) is 0 Å². The van der Waals surface area contributed by atoms with E-state index in [-0.39, 0.29) is 49.1 Å². The van der Waals surface area contributed by atoms with Gasteiger partial charge in [0.25, 0.3) is 0 Å². The summed E-state index contributed by atoms with van der Waals surface area (Å²) in [5.74, 6) is 0.455. The Morgan fingerprint density at radius 1 is 1.12 bits per heavy atom. The Hall–Kier alpha value is -0.600. The van der Waals surface area contributed by atoms with E-state index in [0.29, 0.717) is 5.92 Å². The average molecular weight is 413 g/mol. The molecular formula is C17H34Cl2N4O3. The molecule has 0 aromatic heterocycles. The number of piperidine rings is 1. The standard InChI is InChI=1S/C17H32N4O3.2ClH/c1-13(2)16(18)17(23)19-11-15(22)21-5-3-14(4-6-21)12-20-7-9-24-10-8-20;;/h13-14,16H,3-12,18H2,1-2H3,(H,19,23);2*1H/t16-;;/m0../s1. The van der Waals surface area contributed by atoms with E-state index in [9.17, 15) is 9.59 Å². The number of carbonyl (C=O) groups excluding carboxylic acids is 2. The van der Waals surface area contributed by atoms with Crippen LogP contribution in [0.2, 0.25) is 0 Å². The molecule has 0 aromatic carbocycles. The SMILES string of the molecule is CC(C)[C@H](N)C(=O)NCC(=O)N1CCC(CN2CCOCC2)CC1.Cl.Cl. The first-order valence-electron chi connectivity index (χ1n) is 9.08. The smallest absolute Gasteiger partial charge is 0.241 e. The molecule has 0 bridgehead atoms. The van der Waals surface area contributed by atoms with Crippen LogP contribution in [0.25, 0.3) is 0 Å². The van der Waals surface area contributed by atoms with E-state index in [1.54, 1.807) is 0 Å². The van der Waals surface area contributed by atoms with Crippen LogP contribution in [0, 0.1) is 11.8 Å². The number of rotatable bonds is 6. The number of ether oxygens (including phenoxy) is 1. The summed E-state index contributed by atoms with van der Waals surface area (Å²) in [6.45, 7) is 10.2. The Kier molecular flexibility index (Phi) is 12.4. The molecule has 9 heteroatoms. The number of nitrogens with one attached hydrogen (secondary N) is 1. The second kappa shape index (κ2) is 12.7. The third-order valence-electron chi connectivity index (χ3n) is 5.02. The molecule has 0 radical (unpaired) electrons. The predicted molar refractivity (Wildman–Crippen MR) is 107 cm³/mol. The predicted octanol–water partition coefficient (Wildman–Crippen LogP) is 0.500. The number of nitrogens with two attached hydrogens (primary N) is 1. The van der Waals surface area contributed by atoms with Gasteiger partial charge in [-0.3, -0.25) is 14.5 Å². The molecule has 0 saturated carbocycles. The molecule has 2 heterocycles. The zero-order valence-corrected chi connectivity index (χ0v) is 17.4. The lowest BCUT2D eigenvalue weighted by Gasteiger charge is -2.36. The Morgan fingerprint density at radius 3 is 2.23 bits per heavy atom. The van der Waals surface area contributed by atoms with Crippen LogP contribution in [0.4, 0.5) is 0 Å². The first-order valence-corrected chi connectivity index (χ1v) is 9.08. The minimum Gasteiger partial charge on any atom is -0.379 e. The van der Waals surface area contributed by atoms with Crippen molar-refractivity contribution >= 4 is 36.6 Å². The topological polar surface area (TPSA) is 87.9 Å². The van der Waals surface area contributed by atoms with Crippen molar-refractivity contribution in [2.45, 2.75) is 32.7 Å². The third kappa shape index (κ3) is 7.96. The van der Waals surface area contributed by atoms with Crippen molar-refractivity contribution in [1.29, 1.82) is 0 Å². The maximum Gasteiger partial charge on any atom is 0.241 e. The molecule has 154 valence electrons. The molecule has 1 atom stereocenters. The Bertz CT molecular complexity index is 426. The fourth-order valence-electron chi connectivity index (χ4n) is 3.21. The lowest BCUT2D eigenvalue weighted by molar-refractivity contribution is -0.134. The molecule has 2 amide bonds. The van der Waals surface area contributed by atoms with Gasteiger partial charge in [-0.1, -0.05) is 13.8 Å². The van der Waals surface area contributed by atoms with E-state index in [1.807, 2.05) is 18.7 Å². The molecule has 0 spiro atoms. The maximum atomic E-state index is 12.2. The van der Waals surface area contributed by atoms with Gasteiger partial charge in [0.15, 0.2) is 0 Å². The van der Waals surface area contributed by atoms with Gasteiger partial charge >= 0.3 is 0 Å². The molecule has 2 saturated heterocycles. The van der Waals surface area contributed by atoms with E-state index < -0.39 is 6.04 Å². The van der Waals surface area contributed by atoms with Crippen LogP contribution in [-0.4, -0.2) is 80.1 Å². The van der Waals surface area contributed by atoms with E-state index in [2.05, 4.69) is 10.2 Å². The number of halogens is 2.